The predicted molar refractivity (Wildman–Crippen MR) is 116 cm³/mol. The van der Waals surface area contributed by atoms with E-state index in [9.17, 15) is 20.0 Å². The first-order chi connectivity index (χ1) is 13.3. The van der Waals surface area contributed by atoms with Gasteiger partial charge in [0, 0.05) is 15.5 Å². The number of aromatic hydroxyl groups is 1. The van der Waals surface area contributed by atoms with E-state index < -0.39 is 36.9 Å². The number of benzene rings is 1. The van der Waals surface area contributed by atoms with Crippen LogP contribution in [0.1, 0.15) is 43.8 Å². The van der Waals surface area contributed by atoms with Gasteiger partial charge in [-0.15, -0.1) is 0 Å². The number of rotatable bonds is 7. The Morgan fingerprint density at radius 2 is 1.97 bits per heavy atom. The summed E-state index contributed by atoms with van der Waals surface area (Å²) in [5, 5.41) is 21.6. The molecule has 1 atom stereocenters. The van der Waals surface area contributed by atoms with Crippen LogP contribution in [0.25, 0.3) is 0 Å². The molecule has 29 heavy (non-hydrogen) atoms. The minimum Gasteiger partial charge on any atom is -0.502 e. The van der Waals surface area contributed by atoms with Crippen molar-refractivity contribution >= 4 is 24.2 Å². The first kappa shape index (κ1) is 23.3. The molecule has 2 aromatic rings. The lowest BCUT2D eigenvalue weighted by Gasteiger charge is -2.35. The zero-order valence-corrected chi connectivity index (χ0v) is 19.8. The molecule has 1 aromatic carbocycles. The van der Waals surface area contributed by atoms with Crippen molar-refractivity contribution < 1.29 is 18.9 Å². The first-order valence-electron chi connectivity index (χ1n) is 9.19. The lowest BCUT2D eigenvalue weighted by atomic mass is 9.95. The summed E-state index contributed by atoms with van der Waals surface area (Å²) in [6, 6.07) is 8.08. The number of hydrogen-bond donors (Lipinski definition) is 1. The Morgan fingerprint density at radius 3 is 2.52 bits per heavy atom. The summed E-state index contributed by atoms with van der Waals surface area (Å²) in [5.74, 6) is -1.42. The summed E-state index contributed by atoms with van der Waals surface area (Å²) in [6.07, 6.45) is 0. The maximum atomic E-state index is 12.3. The molecule has 1 aromatic heterocycles. The zero-order chi connectivity index (χ0) is 22.0. The summed E-state index contributed by atoms with van der Waals surface area (Å²) < 4.78 is 12.6. The van der Waals surface area contributed by atoms with Crippen LogP contribution in [-0.2, 0) is 11.0 Å². The van der Waals surface area contributed by atoms with Crippen LogP contribution in [0.3, 0.4) is 0 Å². The van der Waals surface area contributed by atoms with Crippen LogP contribution in [0.15, 0.2) is 44.0 Å². The second kappa shape index (κ2) is 8.81. The summed E-state index contributed by atoms with van der Waals surface area (Å²) >= 11 is 3.34. The fraction of sp³-hybridized carbons (Fsp3) is 0.450. The zero-order valence-electron chi connectivity index (χ0n) is 17.2. The molecule has 0 aliphatic rings. The topological polar surface area (TPSA) is 103 Å². The predicted octanol–water partition coefficient (Wildman–Crippen LogP) is 5.04. The van der Waals surface area contributed by atoms with Gasteiger partial charge < -0.3 is 13.9 Å². The molecule has 0 radical (unpaired) electrons. The van der Waals surface area contributed by atoms with Gasteiger partial charge in [-0.2, -0.15) is 0 Å². The lowest BCUT2D eigenvalue weighted by Crippen LogP contribution is -2.40. The average molecular weight is 484 g/mol. The van der Waals surface area contributed by atoms with E-state index in [2.05, 4.69) is 49.8 Å². The van der Waals surface area contributed by atoms with Gasteiger partial charge in [0.15, 0.2) is 14.1 Å². The van der Waals surface area contributed by atoms with E-state index >= 15 is 0 Å². The van der Waals surface area contributed by atoms with Crippen molar-refractivity contribution in [1.29, 1.82) is 0 Å². The molecule has 0 saturated carbocycles. The molecule has 0 spiro atoms. The monoisotopic (exact) mass is 483 g/mol. The summed E-state index contributed by atoms with van der Waals surface area (Å²) in [4.78, 5) is 23.1. The van der Waals surface area contributed by atoms with Gasteiger partial charge in [-0.3, -0.25) is 14.9 Å². The van der Waals surface area contributed by atoms with Crippen molar-refractivity contribution in [2.45, 2.75) is 51.4 Å². The second-order valence-corrected chi connectivity index (χ2v) is 14.2. The van der Waals surface area contributed by atoms with Crippen LogP contribution in [-0.4, -0.2) is 24.9 Å². The molecule has 0 bridgehead atoms. The summed E-state index contributed by atoms with van der Waals surface area (Å²) in [5.41, 5.74) is -0.0968. The Balaban J connectivity index is 2.47. The second-order valence-electron chi connectivity index (χ2n) is 8.46. The van der Waals surface area contributed by atoms with Crippen LogP contribution in [0.4, 0.5) is 0 Å². The van der Waals surface area contributed by atoms with Crippen LogP contribution in [0, 0.1) is 10.1 Å². The molecular weight excluding hydrogens is 458 g/mol. The van der Waals surface area contributed by atoms with E-state index in [1.807, 2.05) is 0 Å². The van der Waals surface area contributed by atoms with Gasteiger partial charge in [-0.25, -0.2) is 0 Å². The Hall–Kier alpha value is -1.97. The normalized spacial score (nSPS) is 13.3. The maximum absolute atomic E-state index is 12.3. The minimum atomic E-state index is -2.10. The molecule has 1 N–H and O–H groups in total. The molecule has 0 aliphatic carbocycles. The van der Waals surface area contributed by atoms with E-state index in [0.717, 1.165) is 4.47 Å². The van der Waals surface area contributed by atoms with Gasteiger partial charge in [-0.05, 0) is 35.8 Å². The molecule has 7 nitrogen and oxygen atoms in total. The third kappa shape index (κ3) is 5.77. The lowest BCUT2D eigenvalue weighted by molar-refractivity contribution is -0.482. The molecule has 9 heteroatoms. The van der Waals surface area contributed by atoms with E-state index in [0.29, 0.717) is 5.56 Å². The highest BCUT2D eigenvalue weighted by molar-refractivity contribution is 9.10. The van der Waals surface area contributed by atoms with Crippen LogP contribution in [0.2, 0.25) is 18.1 Å². The van der Waals surface area contributed by atoms with E-state index in [1.54, 1.807) is 24.3 Å². The smallest absolute Gasteiger partial charge is 0.227 e. The van der Waals surface area contributed by atoms with Crippen LogP contribution < -0.4 is 5.43 Å². The highest BCUT2D eigenvalue weighted by Gasteiger charge is 2.37. The molecule has 0 fully saturated rings. The third-order valence-corrected chi connectivity index (χ3v) is 10.3. The highest BCUT2D eigenvalue weighted by Crippen LogP contribution is 2.37. The van der Waals surface area contributed by atoms with Gasteiger partial charge in [0.1, 0.15) is 11.7 Å². The number of nitrogens with zero attached hydrogens (tertiary/aromatic N) is 1. The van der Waals surface area contributed by atoms with Crippen molar-refractivity contribution in [2.75, 3.05) is 6.54 Å². The van der Waals surface area contributed by atoms with E-state index in [4.69, 9.17) is 8.84 Å². The molecule has 1 heterocycles. The largest absolute Gasteiger partial charge is 0.502 e. The molecule has 0 unspecified atom stereocenters. The number of halogens is 1. The molecule has 0 amide bonds. The molecule has 0 saturated heterocycles. The quantitative estimate of drug-likeness (QED) is 0.336. The molecule has 2 rings (SSSR count). The Kier molecular flexibility index (Phi) is 7.08. The van der Waals surface area contributed by atoms with Gasteiger partial charge in [0.05, 0.1) is 6.61 Å². The Morgan fingerprint density at radius 1 is 1.31 bits per heavy atom. The fourth-order valence-electron chi connectivity index (χ4n) is 2.54. The van der Waals surface area contributed by atoms with E-state index in [1.165, 1.54) is 6.07 Å². The van der Waals surface area contributed by atoms with Crippen molar-refractivity contribution in [3.63, 3.8) is 0 Å². The van der Waals surface area contributed by atoms with E-state index in [-0.39, 0.29) is 23.2 Å². The fourth-order valence-corrected chi connectivity index (χ4v) is 3.90. The van der Waals surface area contributed by atoms with Crippen molar-refractivity contribution in [3.05, 3.63) is 72.2 Å². The average Bonchev–Trinajstić information content (AvgIpc) is 2.59. The number of hydrogen-bond acceptors (Lipinski definition) is 6. The minimum absolute atomic E-state index is 0.0302. The third-order valence-electron chi connectivity index (χ3n) is 5.28. The summed E-state index contributed by atoms with van der Waals surface area (Å²) in [6.45, 7) is 9.96. The van der Waals surface area contributed by atoms with Crippen molar-refractivity contribution in [3.8, 4) is 5.75 Å². The summed E-state index contributed by atoms with van der Waals surface area (Å²) in [7, 11) is -2.10. The van der Waals surface area contributed by atoms with Gasteiger partial charge >= 0.3 is 0 Å². The van der Waals surface area contributed by atoms with Gasteiger partial charge in [-0.1, -0.05) is 48.8 Å². The van der Waals surface area contributed by atoms with Crippen LogP contribution >= 0.6 is 15.9 Å². The maximum Gasteiger partial charge on any atom is 0.227 e. The standard InChI is InChI=1S/C20H26BrNO6Si/c1-20(2,3)29(4,5)27-12-15-10-17(23)18(24)19(28-15)16(11-22(25)26)13-7-6-8-14(21)9-13/h6-10,16,24H,11-12H2,1-5H3/t16-/m0/s1. The van der Waals surface area contributed by atoms with Crippen molar-refractivity contribution in [1.82, 2.24) is 0 Å². The first-order valence-corrected chi connectivity index (χ1v) is 12.9. The Labute approximate surface area is 179 Å². The van der Waals surface area contributed by atoms with Crippen molar-refractivity contribution in [2.24, 2.45) is 0 Å². The SMILES string of the molecule is CC(C)(C)[Si](C)(C)OCc1cc(=O)c(O)c([C@@H](C[N+](=O)[O-])c2cccc(Br)c2)o1. The van der Waals surface area contributed by atoms with Gasteiger partial charge in [0.2, 0.25) is 17.7 Å². The Bertz CT molecular complexity index is 951. The van der Waals surface area contributed by atoms with Gasteiger partial charge in [0.25, 0.3) is 0 Å². The molecule has 0 aliphatic heterocycles. The number of nitro groups is 1. The van der Waals surface area contributed by atoms with Crippen LogP contribution in [0.5, 0.6) is 5.75 Å². The molecule has 158 valence electrons. The molecular formula is C20H26BrNO6Si. The highest BCUT2D eigenvalue weighted by atomic mass is 79.9.